The molecule has 1 aliphatic rings. The number of hydrogen-bond acceptors (Lipinski definition) is 6. The second kappa shape index (κ2) is 7.96. The molecule has 7 nitrogen and oxygen atoms in total. The summed E-state index contributed by atoms with van der Waals surface area (Å²) in [5.41, 5.74) is 0.690. The molecule has 134 valence electrons. The van der Waals surface area contributed by atoms with Crippen LogP contribution < -0.4 is 14.8 Å². The van der Waals surface area contributed by atoms with Crippen LogP contribution in [0.4, 0.5) is 0 Å². The smallest absolute Gasteiger partial charge is 0.347 e. The first-order chi connectivity index (χ1) is 11.4. The largest absolute Gasteiger partial charge is 0.478 e. The zero-order chi connectivity index (χ0) is 17.7. The van der Waals surface area contributed by atoms with Crippen LogP contribution in [-0.2, 0) is 26.0 Å². The second-order valence-corrected chi connectivity index (χ2v) is 7.41. The van der Waals surface area contributed by atoms with E-state index in [1.165, 1.54) is 6.07 Å². The summed E-state index contributed by atoms with van der Waals surface area (Å²) >= 11 is 0. The van der Waals surface area contributed by atoms with Gasteiger partial charge in [-0.3, -0.25) is 0 Å². The third kappa shape index (κ3) is 4.46. The van der Waals surface area contributed by atoms with Crippen molar-refractivity contribution in [2.75, 3.05) is 19.7 Å². The highest BCUT2D eigenvalue weighted by Crippen LogP contribution is 2.31. The number of benzene rings is 1. The molecule has 0 saturated carbocycles. The minimum atomic E-state index is -3.60. The molecule has 0 fully saturated rings. The van der Waals surface area contributed by atoms with Crippen molar-refractivity contribution in [3.05, 3.63) is 23.8 Å². The summed E-state index contributed by atoms with van der Waals surface area (Å²) in [5.74, 6) is 0.0868. The second-order valence-electron chi connectivity index (χ2n) is 5.64. The Kier molecular flexibility index (Phi) is 6.20. The van der Waals surface area contributed by atoms with Crippen LogP contribution in [0.25, 0.3) is 0 Å². The summed E-state index contributed by atoms with van der Waals surface area (Å²) in [4.78, 5) is 11.9. The average molecular weight is 356 g/mol. The highest BCUT2D eigenvalue weighted by atomic mass is 32.2. The molecule has 0 aliphatic carbocycles. The van der Waals surface area contributed by atoms with Crippen LogP contribution in [0, 0.1) is 0 Å². The Morgan fingerprint density at radius 1 is 1.42 bits per heavy atom. The fourth-order valence-corrected chi connectivity index (χ4v) is 3.68. The van der Waals surface area contributed by atoms with Crippen molar-refractivity contribution in [3.8, 4) is 5.75 Å². The van der Waals surface area contributed by atoms with E-state index >= 15 is 0 Å². The van der Waals surface area contributed by atoms with E-state index in [0.29, 0.717) is 24.3 Å². The van der Waals surface area contributed by atoms with Crippen molar-refractivity contribution in [1.29, 1.82) is 0 Å². The van der Waals surface area contributed by atoms with Crippen molar-refractivity contribution < 1.29 is 22.7 Å². The van der Waals surface area contributed by atoms with Gasteiger partial charge in [-0.05, 0) is 44.2 Å². The normalized spacial score (nSPS) is 17.9. The number of fused-ring (bicyclic) bond motifs is 1. The molecule has 1 aromatic carbocycles. The minimum Gasteiger partial charge on any atom is -0.478 e. The summed E-state index contributed by atoms with van der Waals surface area (Å²) in [5, 5.41) is 3.14. The van der Waals surface area contributed by atoms with Crippen LogP contribution >= 0.6 is 0 Å². The number of sulfonamides is 1. The zero-order valence-corrected chi connectivity index (χ0v) is 15.0. The van der Waals surface area contributed by atoms with Gasteiger partial charge in [-0.15, -0.1) is 0 Å². The molecule has 2 rings (SSSR count). The van der Waals surface area contributed by atoms with Crippen LogP contribution in [0.3, 0.4) is 0 Å². The predicted molar refractivity (Wildman–Crippen MR) is 89.5 cm³/mol. The Balaban J connectivity index is 2.07. The average Bonchev–Trinajstić information content (AvgIpc) is 2.97. The van der Waals surface area contributed by atoms with Crippen molar-refractivity contribution in [2.24, 2.45) is 0 Å². The van der Waals surface area contributed by atoms with Crippen molar-refractivity contribution >= 4 is 16.0 Å². The molecule has 1 unspecified atom stereocenters. The number of hydrogen-bond donors (Lipinski definition) is 2. The van der Waals surface area contributed by atoms with Gasteiger partial charge in [-0.2, -0.15) is 0 Å². The van der Waals surface area contributed by atoms with E-state index in [-0.39, 0.29) is 17.5 Å². The fourth-order valence-electron chi connectivity index (χ4n) is 2.50. The number of rotatable bonds is 8. The van der Waals surface area contributed by atoms with Crippen molar-refractivity contribution in [1.82, 2.24) is 10.0 Å². The summed E-state index contributed by atoms with van der Waals surface area (Å²) in [6, 6.07) is 4.65. The van der Waals surface area contributed by atoms with Gasteiger partial charge in [0.25, 0.3) is 0 Å². The topological polar surface area (TPSA) is 93.7 Å². The van der Waals surface area contributed by atoms with Crippen LogP contribution in [-0.4, -0.2) is 46.2 Å². The highest BCUT2D eigenvalue weighted by molar-refractivity contribution is 7.89. The minimum absolute atomic E-state index is 0.0377. The molecular weight excluding hydrogens is 332 g/mol. The van der Waals surface area contributed by atoms with E-state index in [2.05, 4.69) is 10.0 Å². The van der Waals surface area contributed by atoms with Gasteiger partial charge in [0.1, 0.15) is 5.75 Å². The molecule has 0 spiro atoms. The number of carbonyl (C=O) groups excluding carboxylic acids is 1. The Hall–Kier alpha value is -1.64. The van der Waals surface area contributed by atoms with Crippen LogP contribution in [0.1, 0.15) is 26.3 Å². The highest BCUT2D eigenvalue weighted by Gasteiger charge is 2.31. The number of likely N-dealkylation sites (N-methyl/N-ethyl adjacent to an activating group) is 1. The summed E-state index contributed by atoms with van der Waals surface area (Å²) in [7, 11) is -3.60. The quantitative estimate of drug-likeness (QED) is 0.670. The van der Waals surface area contributed by atoms with Crippen molar-refractivity contribution in [2.45, 2.75) is 44.2 Å². The van der Waals surface area contributed by atoms with E-state index in [4.69, 9.17) is 9.47 Å². The molecule has 0 radical (unpaired) electrons. The van der Waals surface area contributed by atoms with Gasteiger partial charge in [0, 0.05) is 19.0 Å². The first kappa shape index (κ1) is 18.7. The maximum Gasteiger partial charge on any atom is 0.347 e. The van der Waals surface area contributed by atoms with Gasteiger partial charge < -0.3 is 14.8 Å². The SMILES string of the molecule is CCN[C@H](C)CNS(=O)(=O)c1ccc2c(c1)CC(C(=O)OCC)O2. The first-order valence-corrected chi connectivity index (χ1v) is 9.55. The number of esters is 1. The number of ether oxygens (including phenoxy) is 2. The third-order valence-electron chi connectivity index (χ3n) is 3.70. The maximum absolute atomic E-state index is 12.4. The molecular formula is C16H24N2O5S. The third-order valence-corrected chi connectivity index (χ3v) is 5.12. The number of carbonyl (C=O) groups is 1. The lowest BCUT2D eigenvalue weighted by atomic mass is 10.1. The molecule has 0 aromatic heterocycles. The van der Waals surface area contributed by atoms with Gasteiger partial charge in [0.05, 0.1) is 11.5 Å². The van der Waals surface area contributed by atoms with Gasteiger partial charge in [0.15, 0.2) is 6.10 Å². The lowest BCUT2D eigenvalue weighted by molar-refractivity contribution is -0.150. The van der Waals surface area contributed by atoms with Gasteiger partial charge in [0.2, 0.25) is 10.0 Å². The van der Waals surface area contributed by atoms with Crippen LogP contribution in [0.5, 0.6) is 5.75 Å². The molecule has 0 saturated heterocycles. The molecule has 0 bridgehead atoms. The molecule has 1 aromatic rings. The van der Waals surface area contributed by atoms with Crippen LogP contribution in [0.15, 0.2) is 23.1 Å². The lowest BCUT2D eigenvalue weighted by Gasteiger charge is -2.13. The van der Waals surface area contributed by atoms with E-state index in [1.807, 2.05) is 13.8 Å². The van der Waals surface area contributed by atoms with Gasteiger partial charge in [-0.25, -0.2) is 17.9 Å². The van der Waals surface area contributed by atoms with Crippen LogP contribution in [0.2, 0.25) is 0 Å². The Morgan fingerprint density at radius 3 is 2.83 bits per heavy atom. The molecule has 2 atom stereocenters. The lowest BCUT2D eigenvalue weighted by Crippen LogP contribution is -2.38. The van der Waals surface area contributed by atoms with Gasteiger partial charge in [-0.1, -0.05) is 6.92 Å². The van der Waals surface area contributed by atoms with E-state index in [0.717, 1.165) is 6.54 Å². The summed E-state index contributed by atoms with van der Waals surface area (Å²) in [6.45, 7) is 6.95. The van der Waals surface area contributed by atoms with E-state index < -0.39 is 22.1 Å². The predicted octanol–water partition coefficient (Wildman–Crippen LogP) is 0.830. The maximum atomic E-state index is 12.4. The number of nitrogens with one attached hydrogen (secondary N) is 2. The van der Waals surface area contributed by atoms with E-state index in [9.17, 15) is 13.2 Å². The molecule has 1 aliphatic heterocycles. The standard InChI is InChI=1S/C16H24N2O5S/c1-4-17-11(3)10-18-24(20,21)13-6-7-14-12(8-13)9-15(23-14)16(19)22-5-2/h6-8,11,15,17-18H,4-5,9-10H2,1-3H3/t11-,15?/m1/s1. The zero-order valence-electron chi connectivity index (χ0n) is 14.2. The Bertz CT molecular complexity index is 690. The summed E-state index contributed by atoms with van der Waals surface area (Å²) in [6.07, 6.45) is -0.398. The molecule has 2 N–H and O–H groups in total. The van der Waals surface area contributed by atoms with Crippen molar-refractivity contribution in [3.63, 3.8) is 0 Å². The molecule has 0 amide bonds. The Morgan fingerprint density at radius 2 is 2.17 bits per heavy atom. The van der Waals surface area contributed by atoms with Gasteiger partial charge >= 0.3 is 5.97 Å². The van der Waals surface area contributed by atoms with E-state index in [1.54, 1.807) is 19.1 Å². The Labute approximate surface area is 142 Å². The molecule has 1 heterocycles. The molecule has 8 heteroatoms. The first-order valence-electron chi connectivity index (χ1n) is 8.06. The monoisotopic (exact) mass is 356 g/mol. The fraction of sp³-hybridized carbons (Fsp3) is 0.562. The molecule has 24 heavy (non-hydrogen) atoms. The summed E-state index contributed by atoms with van der Waals surface area (Å²) < 4.78 is 37.8.